The van der Waals surface area contributed by atoms with Gasteiger partial charge in [-0.15, -0.1) is 16.1 Å². The van der Waals surface area contributed by atoms with Crippen LogP contribution in [0.1, 0.15) is 58.8 Å². The van der Waals surface area contributed by atoms with Crippen molar-refractivity contribution in [3.05, 3.63) is 41.0 Å². The van der Waals surface area contributed by atoms with Gasteiger partial charge in [0.2, 0.25) is 0 Å². The molecular formula is C22H36N2O2S2Si. The van der Waals surface area contributed by atoms with Gasteiger partial charge in [-0.3, -0.25) is 0 Å². The summed E-state index contributed by atoms with van der Waals surface area (Å²) < 4.78 is 22.3. The van der Waals surface area contributed by atoms with Crippen LogP contribution in [0, 0.1) is 6.92 Å². The van der Waals surface area contributed by atoms with Crippen LogP contribution in [0.3, 0.4) is 0 Å². The Hall–Kier alpha value is -0.703. The van der Waals surface area contributed by atoms with Gasteiger partial charge in [-0.2, -0.15) is 0 Å². The molecule has 2 rings (SSSR count). The molecule has 0 saturated carbocycles. The van der Waals surface area contributed by atoms with Gasteiger partial charge in [0, 0.05) is 11.4 Å². The molecule has 29 heavy (non-hydrogen) atoms. The maximum absolute atomic E-state index is 12.8. The highest BCUT2D eigenvalue weighted by Gasteiger charge is 2.38. The van der Waals surface area contributed by atoms with Gasteiger partial charge in [-0.05, 0) is 57.0 Å². The molecule has 1 heterocycles. The van der Waals surface area contributed by atoms with Crippen molar-refractivity contribution in [2.75, 3.05) is 6.61 Å². The van der Waals surface area contributed by atoms with E-state index >= 15 is 0 Å². The molecule has 0 aliphatic heterocycles. The zero-order valence-corrected chi connectivity index (χ0v) is 21.9. The Morgan fingerprint density at radius 3 is 2.17 bits per heavy atom. The highest BCUT2D eigenvalue weighted by Crippen LogP contribution is 2.37. The van der Waals surface area contributed by atoms with E-state index in [-0.39, 0.29) is 15.8 Å². The van der Waals surface area contributed by atoms with Crippen molar-refractivity contribution >= 4 is 31.0 Å². The predicted octanol–water partition coefficient (Wildman–Crippen LogP) is 6.23. The summed E-state index contributed by atoms with van der Waals surface area (Å²) in [4.78, 5) is 5.54. The van der Waals surface area contributed by atoms with E-state index in [1.54, 1.807) is 11.3 Å². The molecule has 0 amide bonds. The third-order valence-corrected chi connectivity index (χ3v) is 12.6. The first kappa shape index (κ1) is 24.6. The molecule has 0 bridgehead atoms. The zero-order chi connectivity index (χ0) is 22.0. The zero-order valence-electron chi connectivity index (χ0n) is 19.3. The number of nitrogens with one attached hydrogen (secondary N) is 1. The van der Waals surface area contributed by atoms with Gasteiger partial charge in [-0.1, -0.05) is 45.0 Å². The first-order valence-electron chi connectivity index (χ1n) is 10.0. The lowest BCUT2D eigenvalue weighted by Crippen LogP contribution is -2.46. The summed E-state index contributed by atoms with van der Waals surface area (Å²) in [5, 5.41) is 0.133. The third-order valence-electron chi connectivity index (χ3n) is 5.54. The molecule has 2 aromatic rings. The van der Waals surface area contributed by atoms with Crippen LogP contribution >= 0.6 is 11.3 Å². The van der Waals surface area contributed by atoms with Crippen LogP contribution in [-0.4, -0.2) is 29.2 Å². The Morgan fingerprint density at radius 1 is 1.14 bits per heavy atom. The summed E-state index contributed by atoms with van der Waals surface area (Å²) in [6.07, 6.45) is 0. The fourth-order valence-corrected chi connectivity index (χ4v) is 5.10. The van der Waals surface area contributed by atoms with Gasteiger partial charge >= 0.3 is 0 Å². The van der Waals surface area contributed by atoms with E-state index < -0.39 is 19.7 Å². The number of aromatic nitrogens is 1. The smallest absolute Gasteiger partial charge is 0.192 e. The van der Waals surface area contributed by atoms with Crippen LogP contribution in [-0.2, 0) is 15.8 Å². The monoisotopic (exact) mass is 452 g/mol. The number of hydrogen-bond acceptors (Lipinski definition) is 5. The van der Waals surface area contributed by atoms with E-state index in [1.165, 1.54) is 4.88 Å². The molecule has 2 unspecified atom stereocenters. The van der Waals surface area contributed by atoms with Crippen LogP contribution in [0.15, 0.2) is 29.8 Å². The molecule has 7 heteroatoms. The van der Waals surface area contributed by atoms with E-state index in [9.17, 15) is 4.55 Å². The Labute approximate surface area is 184 Å². The third kappa shape index (κ3) is 6.39. The van der Waals surface area contributed by atoms with Crippen molar-refractivity contribution in [3.63, 3.8) is 0 Å². The number of benzene rings is 1. The van der Waals surface area contributed by atoms with Gasteiger partial charge in [0.25, 0.3) is 0 Å². The van der Waals surface area contributed by atoms with E-state index in [2.05, 4.69) is 67.8 Å². The summed E-state index contributed by atoms with van der Waals surface area (Å²) in [6, 6.07) is 8.34. The fraction of sp³-hybridized carbons (Fsp3) is 0.591. The normalized spacial score (nSPS) is 15.4. The summed E-state index contributed by atoms with van der Waals surface area (Å²) >= 11 is 0.474. The minimum absolute atomic E-state index is 0.124. The van der Waals surface area contributed by atoms with Gasteiger partial charge in [0.05, 0.1) is 28.7 Å². The maximum atomic E-state index is 12.8. The van der Waals surface area contributed by atoms with Gasteiger partial charge in [-0.25, -0.2) is 4.98 Å². The SMILES string of the molecule is Cc1ncsc1-c1ccc(C(CO[Si](C)(C)C(C)(C)C)N[S+]([O-])C(C)(C)C)cc1. The highest BCUT2D eigenvalue weighted by atomic mass is 32.2. The molecule has 0 saturated heterocycles. The molecule has 1 aromatic heterocycles. The second kappa shape index (κ2) is 9.20. The van der Waals surface area contributed by atoms with Crippen molar-refractivity contribution in [2.24, 2.45) is 0 Å². The summed E-state index contributed by atoms with van der Waals surface area (Å²) in [7, 11) is -1.90. The Kier molecular flexibility index (Phi) is 7.79. The van der Waals surface area contributed by atoms with E-state index in [4.69, 9.17) is 4.43 Å². The lowest BCUT2D eigenvalue weighted by atomic mass is 10.0. The van der Waals surface area contributed by atoms with E-state index in [1.807, 2.05) is 33.2 Å². The minimum atomic E-state index is -1.90. The topological polar surface area (TPSA) is 57.2 Å². The summed E-state index contributed by atoms with van der Waals surface area (Å²) in [6.45, 7) is 19.7. The molecule has 162 valence electrons. The molecule has 0 spiro atoms. The Balaban J connectivity index is 2.25. The largest absolute Gasteiger partial charge is 0.598 e. The van der Waals surface area contributed by atoms with E-state index in [0.717, 1.165) is 16.8 Å². The average molecular weight is 453 g/mol. The molecular weight excluding hydrogens is 416 g/mol. The number of nitrogens with zero attached hydrogens (tertiary/aromatic N) is 1. The number of rotatable bonds is 7. The fourth-order valence-electron chi connectivity index (χ4n) is 2.46. The number of hydrogen-bond donors (Lipinski definition) is 1. The number of thiazole rings is 1. The minimum Gasteiger partial charge on any atom is -0.598 e. The van der Waals surface area contributed by atoms with Gasteiger partial charge in [0.15, 0.2) is 8.32 Å². The molecule has 4 nitrogen and oxygen atoms in total. The molecule has 1 aromatic carbocycles. The molecule has 2 atom stereocenters. The van der Waals surface area contributed by atoms with Crippen LogP contribution in [0.4, 0.5) is 0 Å². The second-order valence-corrected chi connectivity index (χ2v) is 17.7. The summed E-state index contributed by atoms with van der Waals surface area (Å²) in [5.41, 5.74) is 5.18. The summed E-state index contributed by atoms with van der Waals surface area (Å²) in [5.74, 6) is 0. The average Bonchev–Trinajstić information content (AvgIpc) is 3.02. The molecule has 0 radical (unpaired) electrons. The quantitative estimate of drug-likeness (QED) is 0.399. The first-order valence-corrected chi connectivity index (χ1v) is 15.0. The van der Waals surface area contributed by atoms with Crippen LogP contribution < -0.4 is 4.72 Å². The van der Waals surface area contributed by atoms with E-state index in [0.29, 0.717) is 6.61 Å². The Morgan fingerprint density at radius 2 is 1.72 bits per heavy atom. The molecule has 0 aliphatic carbocycles. The molecule has 0 aliphatic rings. The van der Waals surface area contributed by atoms with Gasteiger partial charge < -0.3 is 8.98 Å². The van der Waals surface area contributed by atoms with Crippen LogP contribution in [0.25, 0.3) is 10.4 Å². The van der Waals surface area contributed by atoms with Crippen molar-refractivity contribution in [2.45, 2.75) is 77.4 Å². The predicted molar refractivity (Wildman–Crippen MR) is 129 cm³/mol. The molecule has 0 fully saturated rings. The van der Waals surface area contributed by atoms with Crippen molar-refractivity contribution in [1.29, 1.82) is 0 Å². The van der Waals surface area contributed by atoms with Crippen molar-refractivity contribution in [1.82, 2.24) is 9.71 Å². The van der Waals surface area contributed by atoms with Crippen LogP contribution in [0.5, 0.6) is 0 Å². The van der Waals surface area contributed by atoms with Gasteiger partial charge in [0.1, 0.15) is 4.75 Å². The first-order chi connectivity index (χ1) is 13.2. The lowest BCUT2D eigenvalue weighted by molar-refractivity contribution is 0.256. The maximum Gasteiger partial charge on any atom is 0.192 e. The van der Waals surface area contributed by atoms with Crippen molar-refractivity contribution in [3.8, 4) is 10.4 Å². The number of aryl methyl sites for hydroxylation is 1. The highest BCUT2D eigenvalue weighted by molar-refractivity contribution is 7.90. The van der Waals surface area contributed by atoms with Crippen molar-refractivity contribution < 1.29 is 8.98 Å². The second-order valence-electron chi connectivity index (χ2n) is 10.0. The lowest BCUT2D eigenvalue weighted by Gasteiger charge is -2.37. The standard InChI is InChI=1S/C22H36N2O2S2Si/c1-16-20(27-15-23-16)18-12-10-17(11-13-18)19(24-28(25)21(2,3)4)14-26-29(8,9)22(5,6)7/h10-13,15,19,24H,14H2,1-9H3. The molecule has 1 N–H and O–H groups in total. The van der Waals surface area contributed by atoms with Crippen LogP contribution in [0.2, 0.25) is 18.1 Å². The Bertz CT molecular complexity index is 792.